The van der Waals surface area contributed by atoms with Gasteiger partial charge in [0.15, 0.2) is 0 Å². The van der Waals surface area contributed by atoms with Gasteiger partial charge in [-0.1, -0.05) is 0 Å². The van der Waals surface area contributed by atoms with Gasteiger partial charge in [-0.15, -0.1) is 0 Å². The van der Waals surface area contributed by atoms with Crippen LogP contribution in [-0.2, 0) is 0 Å². The summed E-state index contributed by atoms with van der Waals surface area (Å²) in [5.74, 6) is 0.945. The average Bonchev–Trinajstić information content (AvgIpc) is 2.95. The van der Waals surface area contributed by atoms with Gasteiger partial charge in [-0.25, -0.2) is 4.98 Å². The van der Waals surface area contributed by atoms with Gasteiger partial charge < -0.3 is 4.90 Å². The van der Waals surface area contributed by atoms with E-state index in [1.807, 2.05) is 0 Å². The van der Waals surface area contributed by atoms with Crippen LogP contribution in [-0.4, -0.2) is 66.8 Å². The molecule has 21 heavy (non-hydrogen) atoms. The van der Waals surface area contributed by atoms with E-state index in [2.05, 4.69) is 55.7 Å². The number of hydrogen-bond acceptors (Lipinski definition) is 7. The van der Waals surface area contributed by atoms with E-state index >= 15 is 0 Å². The standard InChI is InChI=1S/C12H17ClN8/c1-12(2)6-20(5-4-19(12)3)10-16-9(13)17-11(18-10)21-8-14-7-15-21/h7-8H,4-6H2,1-3H3. The summed E-state index contributed by atoms with van der Waals surface area (Å²) in [4.78, 5) is 21.1. The zero-order valence-corrected chi connectivity index (χ0v) is 13.0. The second-order valence-electron chi connectivity index (χ2n) is 5.70. The largest absolute Gasteiger partial charge is 0.338 e. The minimum Gasteiger partial charge on any atom is -0.338 e. The lowest BCUT2D eigenvalue weighted by atomic mass is 10.0. The monoisotopic (exact) mass is 308 g/mol. The third kappa shape index (κ3) is 2.81. The molecule has 1 aliphatic rings. The zero-order chi connectivity index (χ0) is 15.0. The predicted octanol–water partition coefficient (Wildman–Crippen LogP) is 0.636. The maximum Gasteiger partial charge on any atom is 0.258 e. The highest BCUT2D eigenvalue weighted by atomic mass is 35.5. The van der Waals surface area contributed by atoms with Crippen molar-refractivity contribution in [3.05, 3.63) is 17.9 Å². The molecule has 2 aromatic rings. The lowest BCUT2D eigenvalue weighted by molar-refractivity contribution is 0.138. The van der Waals surface area contributed by atoms with Crippen LogP contribution < -0.4 is 4.90 Å². The molecule has 0 saturated carbocycles. The van der Waals surface area contributed by atoms with Crippen LogP contribution in [0, 0.1) is 0 Å². The molecule has 9 heteroatoms. The van der Waals surface area contributed by atoms with E-state index < -0.39 is 0 Å². The molecule has 1 fully saturated rings. The highest BCUT2D eigenvalue weighted by Gasteiger charge is 2.32. The topological polar surface area (TPSA) is 75.9 Å². The molecule has 8 nitrogen and oxygen atoms in total. The van der Waals surface area contributed by atoms with Crippen LogP contribution in [0.5, 0.6) is 0 Å². The Morgan fingerprint density at radius 2 is 1.90 bits per heavy atom. The van der Waals surface area contributed by atoms with E-state index in [1.54, 1.807) is 0 Å². The quantitative estimate of drug-likeness (QED) is 0.805. The van der Waals surface area contributed by atoms with Crippen LogP contribution in [0.15, 0.2) is 12.7 Å². The number of aromatic nitrogens is 6. The minimum absolute atomic E-state index is 0.0464. The molecule has 3 rings (SSSR count). The number of nitrogens with zero attached hydrogens (tertiary/aromatic N) is 8. The summed E-state index contributed by atoms with van der Waals surface area (Å²) in [7, 11) is 2.12. The molecular weight excluding hydrogens is 292 g/mol. The smallest absolute Gasteiger partial charge is 0.258 e. The van der Waals surface area contributed by atoms with Gasteiger partial charge in [0.2, 0.25) is 11.2 Å². The lowest BCUT2D eigenvalue weighted by Gasteiger charge is -2.45. The molecule has 2 aromatic heterocycles. The molecule has 1 aliphatic heterocycles. The highest BCUT2D eigenvalue weighted by Crippen LogP contribution is 2.23. The maximum atomic E-state index is 6.03. The minimum atomic E-state index is 0.0464. The first-order valence-corrected chi connectivity index (χ1v) is 7.06. The molecule has 0 aliphatic carbocycles. The Kier molecular flexibility index (Phi) is 3.50. The second-order valence-corrected chi connectivity index (χ2v) is 6.04. The van der Waals surface area contributed by atoms with Crippen molar-refractivity contribution >= 4 is 17.5 Å². The van der Waals surface area contributed by atoms with Gasteiger partial charge in [-0.2, -0.15) is 24.7 Å². The van der Waals surface area contributed by atoms with E-state index in [4.69, 9.17) is 11.6 Å². The molecule has 0 N–H and O–H groups in total. The van der Waals surface area contributed by atoms with Crippen LogP contribution in [0.3, 0.4) is 0 Å². The van der Waals surface area contributed by atoms with Crippen molar-refractivity contribution in [2.45, 2.75) is 19.4 Å². The van der Waals surface area contributed by atoms with E-state index in [1.165, 1.54) is 17.3 Å². The van der Waals surface area contributed by atoms with Crippen LogP contribution in [0.2, 0.25) is 5.28 Å². The summed E-state index contributed by atoms with van der Waals surface area (Å²) in [6, 6.07) is 0. The number of rotatable bonds is 2. The van der Waals surface area contributed by atoms with E-state index in [9.17, 15) is 0 Å². The molecule has 3 heterocycles. The normalized spacial score (nSPS) is 19.0. The molecule has 0 aromatic carbocycles. The summed E-state index contributed by atoms with van der Waals surface area (Å²) >= 11 is 6.03. The first kappa shape index (κ1) is 14.2. The molecule has 0 atom stereocenters. The second kappa shape index (κ2) is 5.19. The van der Waals surface area contributed by atoms with Gasteiger partial charge in [0.05, 0.1) is 0 Å². The Bertz CT molecular complexity index is 626. The summed E-state index contributed by atoms with van der Waals surface area (Å²) in [5.41, 5.74) is 0.0464. The molecule has 0 unspecified atom stereocenters. The number of hydrogen-bond donors (Lipinski definition) is 0. The Hall–Kier alpha value is -1.80. The van der Waals surface area contributed by atoms with Gasteiger partial charge in [0.25, 0.3) is 5.95 Å². The molecular formula is C12H17ClN8. The highest BCUT2D eigenvalue weighted by molar-refractivity contribution is 6.28. The van der Waals surface area contributed by atoms with Gasteiger partial charge >= 0.3 is 0 Å². The van der Waals surface area contributed by atoms with Crippen LogP contribution in [0.1, 0.15) is 13.8 Å². The number of anilines is 1. The number of piperazine rings is 1. The number of halogens is 1. The lowest BCUT2D eigenvalue weighted by Crippen LogP contribution is -2.58. The Morgan fingerprint density at radius 3 is 2.57 bits per heavy atom. The molecule has 112 valence electrons. The fourth-order valence-electron chi connectivity index (χ4n) is 2.30. The number of likely N-dealkylation sites (N-methyl/N-ethyl adjacent to an activating group) is 1. The van der Waals surface area contributed by atoms with Crippen LogP contribution >= 0.6 is 11.6 Å². The van der Waals surface area contributed by atoms with Crippen molar-refractivity contribution < 1.29 is 0 Å². The Balaban J connectivity index is 1.92. The van der Waals surface area contributed by atoms with Crippen LogP contribution in [0.25, 0.3) is 5.95 Å². The fourth-order valence-corrected chi connectivity index (χ4v) is 2.45. The van der Waals surface area contributed by atoms with Crippen molar-refractivity contribution in [1.82, 2.24) is 34.6 Å². The predicted molar refractivity (Wildman–Crippen MR) is 78.7 cm³/mol. The van der Waals surface area contributed by atoms with E-state index in [0.717, 1.165) is 19.6 Å². The fraction of sp³-hybridized carbons (Fsp3) is 0.583. The van der Waals surface area contributed by atoms with Gasteiger partial charge in [0.1, 0.15) is 12.7 Å². The molecule has 0 amide bonds. The van der Waals surface area contributed by atoms with E-state index in [0.29, 0.717) is 11.9 Å². The molecule has 1 saturated heterocycles. The molecule has 0 bridgehead atoms. The van der Waals surface area contributed by atoms with Crippen molar-refractivity contribution in [2.24, 2.45) is 0 Å². The summed E-state index contributed by atoms with van der Waals surface area (Å²) in [6.45, 7) is 6.99. The van der Waals surface area contributed by atoms with Crippen LogP contribution in [0.4, 0.5) is 5.95 Å². The Morgan fingerprint density at radius 1 is 1.14 bits per heavy atom. The first-order valence-electron chi connectivity index (χ1n) is 6.68. The third-order valence-corrected chi connectivity index (χ3v) is 3.98. The first-order chi connectivity index (χ1) is 9.95. The van der Waals surface area contributed by atoms with Crippen molar-refractivity contribution in [2.75, 3.05) is 31.6 Å². The summed E-state index contributed by atoms with van der Waals surface area (Å²) in [5, 5.41) is 4.18. The van der Waals surface area contributed by atoms with Crippen molar-refractivity contribution in [3.8, 4) is 5.95 Å². The SMILES string of the molecule is CN1CCN(c2nc(Cl)nc(-n3cncn3)n2)CC1(C)C. The van der Waals surface area contributed by atoms with Crippen molar-refractivity contribution in [1.29, 1.82) is 0 Å². The maximum absolute atomic E-state index is 6.03. The van der Waals surface area contributed by atoms with Gasteiger partial charge in [-0.3, -0.25) is 4.90 Å². The molecule has 0 spiro atoms. The molecule has 0 radical (unpaired) electrons. The Labute approximate surface area is 127 Å². The third-order valence-electron chi connectivity index (χ3n) is 3.81. The summed E-state index contributed by atoms with van der Waals surface area (Å²) in [6.07, 6.45) is 2.96. The average molecular weight is 309 g/mol. The van der Waals surface area contributed by atoms with Crippen molar-refractivity contribution in [3.63, 3.8) is 0 Å². The van der Waals surface area contributed by atoms with Gasteiger partial charge in [-0.05, 0) is 32.5 Å². The van der Waals surface area contributed by atoms with E-state index in [-0.39, 0.29) is 10.8 Å². The van der Waals surface area contributed by atoms with Gasteiger partial charge in [0, 0.05) is 25.2 Å². The summed E-state index contributed by atoms with van der Waals surface area (Å²) < 4.78 is 1.47. The zero-order valence-electron chi connectivity index (χ0n) is 12.2.